The highest BCUT2D eigenvalue weighted by molar-refractivity contribution is 6.42. The summed E-state index contributed by atoms with van der Waals surface area (Å²) in [7, 11) is 1.77. The van der Waals surface area contributed by atoms with Crippen LogP contribution in [0.3, 0.4) is 0 Å². The molecule has 0 unspecified atom stereocenters. The Morgan fingerprint density at radius 2 is 2.00 bits per heavy atom. The molecule has 0 saturated carbocycles. The molecule has 1 atom stereocenters. The van der Waals surface area contributed by atoms with E-state index in [-0.39, 0.29) is 24.1 Å². The Kier molecular flexibility index (Phi) is 3.89. The molecule has 0 aliphatic carbocycles. The van der Waals surface area contributed by atoms with E-state index >= 15 is 0 Å². The quantitative estimate of drug-likeness (QED) is 0.531. The van der Waals surface area contributed by atoms with E-state index in [1.54, 1.807) is 30.3 Å². The molecule has 2 fully saturated rings. The highest BCUT2D eigenvalue weighted by Crippen LogP contribution is 2.17. The SMILES string of the molecule is CN1CCN2CCN(C(=O)C(=O)c3cccnc3)C[C@@H]2C1=O. The molecule has 2 aliphatic rings. The van der Waals surface area contributed by atoms with Crippen LogP contribution in [0, 0.1) is 0 Å². The predicted molar refractivity (Wildman–Crippen MR) is 78.1 cm³/mol. The van der Waals surface area contributed by atoms with E-state index < -0.39 is 11.7 Å². The second-order valence-corrected chi connectivity index (χ2v) is 5.63. The lowest BCUT2D eigenvalue weighted by Crippen LogP contribution is -2.65. The fraction of sp³-hybridized carbons (Fsp3) is 0.467. The highest BCUT2D eigenvalue weighted by atomic mass is 16.2. The number of nitrogens with zero attached hydrogens (tertiary/aromatic N) is 4. The molecule has 3 rings (SSSR count). The van der Waals surface area contributed by atoms with Crippen molar-refractivity contribution in [1.29, 1.82) is 0 Å². The van der Waals surface area contributed by atoms with Crippen LogP contribution in [0.2, 0.25) is 0 Å². The monoisotopic (exact) mass is 302 g/mol. The molecule has 7 nitrogen and oxygen atoms in total. The summed E-state index contributed by atoms with van der Waals surface area (Å²) in [5, 5.41) is 0. The molecule has 1 aromatic rings. The van der Waals surface area contributed by atoms with Crippen molar-refractivity contribution in [2.75, 3.05) is 39.8 Å². The molecule has 7 heteroatoms. The Labute approximate surface area is 128 Å². The maximum absolute atomic E-state index is 12.4. The molecule has 0 radical (unpaired) electrons. The molecule has 0 N–H and O–H groups in total. The van der Waals surface area contributed by atoms with Crippen molar-refractivity contribution in [1.82, 2.24) is 19.7 Å². The molecule has 0 spiro atoms. The standard InChI is InChI=1S/C15H18N4O3/c1-17-5-6-18-7-8-19(10-12(18)14(17)21)15(22)13(20)11-3-2-4-16-9-11/h2-4,9,12H,5-8,10H2,1H3/t12-/m1/s1. The van der Waals surface area contributed by atoms with Gasteiger partial charge in [-0.05, 0) is 12.1 Å². The van der Waals surface area contributed by atoms with Gasteiger partial charge in [-0.15, -0.1) is 0 Å². The molecule has 1 aromatic heterocycles. The molecular weight excluding hydrogens is 284 g/mol. The zero-order chi connectivity index (χ0) is 15.7. The van der Waals surface area contributed by atoms with E-state index in [0.29, 0.717) is 19.6 Å². The van der Waals surface area contributed by atoms with Crippen molar-refractivity contribution < 1.29 is 14.4 Å². The maximum atomic E-state index is 12.4. The molecule has 116 valence electrons. The summed E-state index contributed by atoms with van der Waals surface area (Å²) < 4.78 is 0. The number of amides is 2. The number of carbonyl (C=O) groups is 3. The van der Waals surface area contributed by atoms with E-state index in [9.17, 15) is 14.4 Å². The minimum atomic E-state index is -0.571. The number of likely N-dealkylation sites (N-methyl/N-ethyl adjacent to an activating group) is 1. The van der Waals surface area contributed by atoms with Crippen molar-refractivity contribution >= 4 is 17.6 Å². The number of Topliss-reactive ketones (excluding diaryl/α,β-unsaturated/α-hetero) is 1. The smallest absolute Gasteiger partial charge is 0.295 e. The van der Waals surface area contributed by atoms with Gasteiger partial charge in [-0.2, -0.15) is 0 Å². The average Bonchev–Trinajstić information content (AvgIpc) is 2.57. The van der Waals surface area contributed by atoms with Crippen LogP contribution in [0.1, 0.15) is 10.4 Å². The van der Waals surface area contributed by atoms with Crippen molar-refractivity contribution in [3.63, 3.8) is 0 Å². The van der Waals surface area contributed by atoms with Crippen molar-refractivity contribution in [3.8, 4) is 0 Å². The topological polar surface area (TPSA) is 73.8 Å². The van der Waals surface area contributed by atoms with Crippen LogP contribution in [0.5, 0.6) is 0 Å². The molecule has 2 saturated heterocycles. The molecule has 22 heavy (non-hydrogen) atoms. The van der Waals surface area contributed by atoms with Gasteiger partial charge in [-0.25, -0.2) is 0 Å². The Bertz CT molecular complexity index is 604. The molecule has 2 amide bonds. The number of pyridine rings is 1. The summed E-state index contributed by atoms with van der Waals surface area (Å²) in [6.07, 6.45) is 2.94. The third kappa shape index (κ3) is 2.59. The largest absolute Gasteiger partial charge is 0.343 e. The lowest BCUT2D eigenvalue weighted by molar-refractivity contribution is -0.146. The minimum Gasteiger partial charge on any atom is -0.343 e. The zero-order valence-corrected chi connectivity index (χ0v) is 12.4. The van der Waals surface area contributed by atoms with Crippen LogP contribution >= 0.6 is 0 Å². The van der Waals surface area contributed by atoms with Gasteiger partial charge < -0.3 is 9.80 Å². The predicted octanol–water partition coefficient (Wildman–Crippen LogP) is -0.751. The summed E-state index contributed by atoms with van der Waals surface area (Å²) in [5.41, 5.74) is 0.280. The Balaban J connectivity index is 1.72. The van der Waals surface area contributed by atoms with Gasteiger partial charge in [-0.1, -0.05) is 0 Å². The van der Waals surface area contributed by atoms with Gasteiger partial charge in [0.05, 0.1) is 0 Å². The van der Waals surface area contributed by atoms with E-state index in [1.807, 2.05) is 0 Å². The van der Waals surface area contributed by atoms with Gasteiger partial charge in [0.1, 0.15) is 6.04 Å². The molecule has 3 heterocycles. The first-order valence-electron chi connectivity index (χ1n) is 7.30. The van der Waals surface area contributed by atoms with Crippen LogP contribution in [0.15, 0.2) is 24.5 Å². The lowest BCUT2D eigenvalue weighted by Gasteiger charge is -2.45. The summed E-state index contributed by atoms with van der Waals surface area (Å²) in [6, 6.07) is 2.86. The number of rotatable bonds is 2. The minimum absolute atomic E-state index is 0.0116. The van der Waals surface area contributed by atoms with Gasteiger partial charge in [0.25, 0.3) is 11.7 Å². The second-order valence-electron chi connectivity index (χ2n) is 5.63. The summed E-state index contributed by atoms with van der Waals surface area (Å²) >= 11 is 0. The van der Waals surface area contributed by atoms with Gasteiger partial charge >= 0.3 is 0 Å². The van der Waals surface area contributed by atoms with Crippen LogP contribution in [-0.2, 0) is 9.59 Å². The first kappa shape index (κ1) is 14.6. The third-order valence-corrected chi connectivity index (χ3v) is 4.28. The van der Waals surface area contributed by atoms with E-state index in [0.717, 1.165) is 6.54 Å². The molecular formula is C15H18N4O3. The van der Waals surface area contributed by atoms with Crippen LogP contribution in [0.25, 0.3) is 0 Å². The summed E-state index contributed by atoms with van der Waals surface area (Å²) in [5.74, 6) is -1.12. The van der Waals surface area contributed by atoms with E-state index in [4.69, 9.17) is 0 Å². The highest BCUT2D eigenvalue weighted by Gasteiger charge is 2.39. The normalized spacial score (nSPS) is 22.4. The number of aromatic nitrogens is 1. The number of piperazine rings is 2. The Hall–Kier alpha value is -2.28. The van der Waals surface area contributed by atoms with Crippen LogP contribution < -0.4 is 0 Å². The van der Waals surface area contributed by atoms with Gasteiger partial charge in [0, 0.05) is 57.7 Å². The number of fused-ring (bicyclic) bond motifs is 1. The second kappa shape index (κ2) is 5.84. The third-order valence-electron chi connectivity index (χ3n) is 4.28. The van der Waals surface area contributed by atoms with Crippen LogP contribution in [0.4, 0.5) is 0 Å². The molecule has 2 aliphatic heterocycles. The number of carbonyl (C=O) groups excluding carboxylic acids is 3. The zero-order valence-electron chi connectivity index (χ0n) is 12.4. The Morgan fingerprint density at radius 3 is 2.73 bits per heavy atom. The first-order valence-corrected chi connectivity index (χ1v) is 7.30. The first-order chi connectivity index (χ1) is 10.6. The van der Waals surface area contributed by atoms with Gasteiger partial charge in [-0.3, -0.25) is 24.3 Å². The average molecular weight is 302 g/mol. The molecule has 0 bridgehead atoms. The van der Waals surface area contributed by atoms with Gasteiger partial charge in [0.15, 0.2) is 0 Å². The lowest BCUT2D eigenvalue weighted by atomic mass is 10.1. The summed E-state index contributed by atoms with van der Waals surface area (Å²) in [6.45, 7) is 2.88. The van der Waals surface area contributed by atoms with Gasteiger partial charge in [0.2, 0.25) is 5.91 Å². The number of hydrogen-bond acceptors (Lipinski definition) is 5. The molecule has 0 aromatic carbocycles. The number of hydrogen-bond donors (Lipinski definition) is 0. The van der Waals surface area contributed by atoms with E-state index in [1.165, 1.54) is 11.1 Å². The van der Waals surface area contributed by atoms with Crippen molar-refractivity contribution in [2.24, 2.45) is 0 Å². The van der Waals surface area contributed by atoms with Crippen LogP contribution in [-0.4, -0.2) is 83.1 Å². The van der Waals surface area contributed by atoms with E-state index in [2.05, 4.69) is 9.88 Å². The Morgan fingerprint density at radius 1 is 1.23 bits per heavy atom. The number of ketones is 1. The van der Waals surface area contributed by atoms with Crippen molar-refractivity contribution in [2.45, 2.75) is 6.04 Å². The van der Waals surface area contributed by atoms with Crippen molar-refractivity contribution in [3.05, 3.63) is 30.1 Å². The summed E-state index contributed by atoms with van der Waals surface area (Å²) in [4.78, 5) is 45.9. The fourth-order valence-corrected chi connectivity index (χ4v) is 2.91. The fourth-order valence-electron chi connectivity index (χ4n) is 2.91. The maximum Gasteiger partial charge on any atom is 0.295 e.